The molecule has 0 saturated carbocycles. The van der Waals surface area contributed by atoms with E-state index in [1.807, 2.05) is 0 Å². The second-order valence-corrected chi connectivity index (χ2v) is 2.67. The molecule has 0 fully saturated rings. The first-order valence-electron chi connectivity index (χ1n) is 3.99. The van der Waals surface area contributed by atoms with E-state index in [9.17, 15) is 4.79 Å². The zero-order chi connectivity index (χ0) is 10.6. The summed E-state index contributed by atoms with van der Waals surface area (Å²) in [6, 6.07) is 5.87. The predicted octanol–water partition coefficient (Wildman–Crippen LogP) is 0.0908. The van der Waals surface area contributed by atoms with Crippen molar-refractivity contribution >= 4 is 11.7 Å². The minimum Gasteiger partial charge on any atom is -0.478 e. The summed E-state index contributed by atoms with van der Waals surface area (Å²) in [4.78, 5) is 11.8. The maximum Gasteiger partial charge on any atom is 0.335 e. The van der Waals surface area contributed by atoms with Gasteiger partial charge in [0.15, 0.2) is 0 Å². The van der Waals surface area contributed by atoms with E-state index >= 15 is 0 Å². The molecule has 0 saturated heterocycles. The van der Waals surface area contributed by atoms with Crippen LogP contribution < -0.4 is 4.90 Å². The first-order chi connectivity index (χ1) is 6.69. The molecule has 0 bridgehead atoms. The van der Waals surface area contributed by atoms with Gasteiger partial charge in [0.1, 0.15) is 13.5 Å². The summed E-state index contributed by atoms with van der Waals surface area (Å²) in [7, 11) is 0. The lowest BCUT2D eigenvalue weighted by molar-refractivity contribution is 0.0697. The molecule has 0 spiro atoms. The molecule has 0 unspecified atom stereocenters. The Morgan fingerprint density at radius 3 is 2.00 bits per heavy atom. The number of aliphatic hydroxyl groups is 2. The van der Waals surface area contributed by atoms with Crippen LogP contribution in [0.2, 0.25) is 0 Å². The van der Waals surface area contributed by atoms with Crippen LogP contribution in [-0.4, -0.2) is 34.8 Å². The summed E-state index contributed by atoms with van der Waals surface area (Å²) in [5, 5.41) is 26.2. The summed E-state index contributed by atoms with van der Waals surface area (Å²) in [6.45, 7) is -0.633. The van der Waals surface area contributed by atoms with Gasteiger partial charge in [-0.3, -0.25) is 0 Å². The first-order valence-corrected chi connectivity index (χ1v) is 3.99. The highest BCUT2D eigenvalue weighted by Gasteiger charge is 2.05. The van der Waals surface area contributed by atoms with Crippen molar-refractivity contribution in [3.63, 3.8) is 0 Å². The smallest absolute Gasteiger partial charge is 0.335 e. The average molecular weight is 197 g/mol. The molecule has 5 heteroatoms. The summed E-state index contributed by atoms with van der Waals surface area (Å²) >= 11 is 0. The Labute approximate surface area is 80.8 Å². The van der Waals surface area contributed by atoms with Gasteiger partial charge >= 0.3 is 5.97 Å². The van der Waals surface area contributed by atoms with Crippen LogP contribution in [-0.2, 0) is 0 Å². The number of aromatic carboxylic acids is 1. The molecule has 0 aliphatic carbocycles. The van der Waals surface area contributed by atoms with Crippen LogP contribution in [0, 0.1) is 0 Å². The highest BCUT2D eigenvalue weighted by Crippen LogP contribution is 2.13. The Balaban J connectivity index is 2.87. The van der Waals surface area contributed by atoms with Crippen LogP contribution in [0.25, 0.3) is 0 Å². The summed E-state index contributed by atoms with van der Waals surface area (Å²) in [5.41, 5.74) is 0.740. The predicted molar refractivity (Wildman–Crippen MR) is 50.1 cm³/mol. The molecule has 1 aromatic rings. The molecule has 1 rings (SSSR count). The molecule has 76 valence electrons. The van der Waals surface area contributed by atoms with Gasteiger partial charge in [0.25, 0.3) is 0 Å². The zero-order valence-corrected chi connectivity index (χ0v) is 7.42. The van der Waals surface area contributed by atoms with Crippen molar-refractivity contribution < 1.29 is 20.1 Å². The number of hydrogen-bond donors (Lipinski definition) is 3. The maximum atomic E-state index is 10.5. The molecule has 0 heterocycles. The monoisotopic (exact) mass is 197 g/mol. The highest BCUT2D eigenvalue weighted by atomic mass is 16.4. The van der Waals surface area contributed by atoms with Gasteiger partial charge in [0.05, 0.1) is 5.56 Å². The molecular weight excluding hydrogens is 186 g/mol. The van der Waals surface area contributed by atoms with Gasteiger partial charge in [-0.15, -0.1) is 0 Å². The van der Waals surface area contributed by atoms with E-state index in [1.54, 1.807) is 0 Å². The third kappa shape index (κ3) is 2.21. The van der Waals surface area contributed by atoms with Gasteiger partial charge in [-0.05, 0) is 24.3 Å². The number of carboxylic acid groups (broad SMARTS) is 1. The van der Waals surface area contributed by atoms with Crippen molar-refractivity contribution in [2.24, 2.45) is 0 Å². The van der Waals surface area contributed by atoms with Gasteiger partial charge < -0.3 is 20.2 Å². The average Bonchev–Trinajstić information content (AvgIpc) is 2.20. The van der Waals surface area contributed by atoms with Crippen molar-refractivity contribution in [2.45, 2.75) is 0 Å². The summed E-state index contributed by atoms with van der Waals surface area (Å²) in [6.07, 6.45) is 0. The standard InChI is InChI=1S/C9H11NO4/c11-5-10(6-12)8-3-1-7(2-4-8)9(13)14/h1-4,11-12H,5-6H2,(H,13,14). The number of aliphatic hydroxyl groups excluding tert-OH is 2. The van der Waals surface area contributed by atoms with Crippen LogP contribution in [0.3, 0.4) is 0 Å². The molecule has 1 aromatic carbocycles. The first kappa shape index (κ1) is 10.5. The molecule has 0 aromatic heterocycles. The molecule has 0 amide bonds. The molecule has 3 N–H and O–H groups in total. The van der Waals surface area contributed by atoms with E-state index in [1.165, 1.54) is 29.2 Å². The van der Waals surface area contributed by atoms with E-state index in [0.29, 0.717) is 5.69 Å². The largest absolute Gasteiger partial charge is 0.478 e. The quantitative estimate of drug-likeness (QED) is 0.596. The summed E-state index contributed by atoms with van der Waals surface area (Å²) < 4.78 is 0. The van der Waals surface area contributed by atoms with E-state index in [0.717, 1.165) is 0 Å². The van der Waals surface area contributed by atoms with Gasteiger partial charge in [0, 0.05) is 5.69 Å². The maximum absolute atomic E-state index is 10.5. The van der Waals surface area contributed by atoms with Crippen LogP contribution >= 0.6 is 0 Å². The number of carboxylic acids is 1. The Morgan fingerprint density at radius 2 is 1.64 bits per heavy atom. The number of benzene rings is 1. The minimum atomic E-state index is -1.00. The SMILES string of the molecule is O=C(O)c1ccc(N(CO)CO)cc1. The molecule has 0 aliphatic heterocycles. The fraction of sp³-hybridized carbons (Fsp3) is 0.222. The Morgan fingerprint density at radius 1 is 1.14 bits per heavy atom. The van der Waals surface area contributed by atoms with Crippen LogP contribution in [0.4, 0.5) is 5.69 Å². The van der Waals surface area contributed by atoms with E-state index in [-0.39, 0.29) is 19.0 Å². The molecular formula is C9H11NO4. The number of anilines is 1. The molecule has 0 atom stereocenters. The zero-order valence-electron chi connectivity index (χ0n) is 7.42. The minimum absolute atomic E-state index is 0.171. The fourth-order valence-corrected chi connectivity index (χ4v) is 1.02. The lowest BCUT2D eigenvalue weighted by Crippen LogP contribution is -2.24. The lowest BCUT2D eigenvalue weighted by atomic mass is 10.2. The van der Waals surface area contributed by atoms with E-state index in [4.69, 9.17) is 15.3 Å². The van der Waals surface area contributed by atoms with Crippen LogP contribution in [0.1, 0.15) is 10.4 Å². The van der Waals surface area contributed by atoms with E-state index < -0.39 is 5.97 Å². The number of rotatable bonds is 4. The van der Waals surface area contributed by atoms with Gasteiger partial charge in [-0.1, -0.05) is 0 Å². The normalized spacial score (nSPS) is 9.86. The number of carbonyl (C=O) groups is 1. The molecule has 0 radical (unpaired) electrons. The van der Waals surface area contributed by atoms with Crippen molar-refractivity contribution in [1.82, 2.24) is 0 Å². The lowest BCUT2D eigenvalue weighted by Gasteiger charge is -2.18. The van der Waals surface area contributed by atoms with Gasteiger partial charge in [0.2, 0.25) is 0 Å². The molecule has 14 heavy (non-hydrogen) atoms. The topological polar surface area (TPSA) is 81.0 Å². The third-order valence-electron chi connectivity index (χ3n) is 1.82. The van der Waals surface area contributed by atoms with Gasteiger partial charge in [-0.2, -0.15) is 0 Å². The second kappa shape index (κ2) is 4.59. The van der Waals surface area contributed by atoms with Crippen LogP contribution in [0.15, 0.2) is 24.3 Å². The van der Waals surface area contributed by atoms with Crippen molar-refractivity contribution in [3.05, 3.63) is 29.8 Å². The van der Waals surface area contributed by atoms with Crippen molar-refractivity contribution in [1.29, 1.82) is 0 Å². The molecule has 0 aliphatic rings. The highest BCUT2D eigenvalue weighted by molar-refractivity contribution is 5.88. The fourth-order valence-electron chi connectivity index (χ4n) is 1.02. The van der Waals surface area contributed by atoms with Crippen molar-refractivity contribution in [2.75, 3.05) is 18.4 Å². The van der Waals surface area contributed by atoms with Crippen molar-refractivity contribution in [3.8, 4) is 0 Å². The third-order valence-corrected chi connectivity index (χ3v) is 1.82. The molecule has 5 nitrogen and oxygen atoms in total. The number of nitrogens with zero attached hydrogens (tertiary/aromatic N) is 1. The van der Waals surface area contributed by atoms with E-state index in [2.05, 4.69) is 0 Å². The van der Waals surface area contributed by atoms with Crippen LogP contribution in [0.5, 0.6) is 0 Å². The summed E-state index contributed by atoms with van der Waals surface area (Å²) in [5.74, 6) is -1.00. The Hall–Kier alpha value is -1.59. The Kier molecular flexibility index (Phi) is 3.44. The second-order valence-electron chi connectivity index (χ2n) is 2.67. The van der Waals surface area contributed by atoms with Gasteiger partial charge in [-0.25, -0.2) is 4.79 Å². The Bertz CT molecular complexity index is 305. The number of hydrogen-bond acceptors (Lipinski definition) is 4.